The van der Waals surface area contributed by atoms with E-state index in [-0.39, 0.29) is 11.5 Å². The minimum absolute atomic E-state index is 0.0793. The summed E-state index contributed by atoms with van der Waals surface area (Å²) in [6, 6.07) is 46.9. The van der Waals surface area contributed by atoms with Gasteiger partial charge in [0.1, 0.15) is 11.5 Å². The summed E-state index contributed by atoms with van der Waals surface area (Å²) in [6.07, 6.45) is 8.41. The molecule has 5 heterocycles. The highest BCUT2D eigenvalue weighted by Gasteiger charge is 2.19. The van der Waals surface area contributed by atoms with Crippen LogP contribution in [0.5, 0.6) is 11.5 Å². The second-order valence-electron chi connectivity index (χ2n) is 15.4. The van der Waals surface area contributed by atoms with E-state index in [4.69, 9.17) is 9.97 Å². The Balaban J connectivity index is 1.35. The number of nitrogens with one attached hydrogen (secondary N) is 2. The first-order valence-corrected chi connectivity index (χ1v) is 19.8. The van der Waals surface area contributed by atoms with Crippen molar-refractivity contribution in [3.05, 3.63) is 179 Å². The molecular weight excluding hydrogens is 725 g/mol. The number of benzene rings is 5. The van der Waals surface area contributed by atoms with Gasteiger partial charge in [0.15, 0.2) is 0 Å². The third-order valence-corrected chi connectivity index (χ3v) is 11.2. The molecule has 6 heteroatoms. The topological polar surface area (TPSA) is 97.8 Å². The van der Waals surface area contributed by atoms with Crippen molar-refractivity contribution < 1.29 is 10.2 Å². The van der Waals surface area contributed by atoms with Crippen molar-refractivity contribution in [3.8, 4) is 67.1 Å². The van der Waals surface area contributed by atoms with E-state index in [0.29, 0.717) is 5.56 Å². The Morgan fingerprint density at radius 1 is 0.373 bits per heavy atom. The van der Waals surface area contributed by atoms with Crippen molar-refractivity contribution in [2.24, 2.45) is 0 Å². The van der Waals surface area contributed by atoms with Crippen LogP contribution in [0.15, 0.2) is 140 Å². The molecule has 8 aromatic rings. The molecule has 0 amide bonds. The maximum atomic E-state index is 10.9. The molecule has 3 aromatic heterocycles. The standard InChI is InChI=1S/C53H40N4O2/c1-31-7-13-34(14-8-31)50-41-20-22-43(54-41)51(35-15-9-32(2)10-16-35)45-24-26-47(56-45)53(38-6-4-5-37(29-38)40-30-39(58)19-28-49(40)59)48-27-25-46(57-48)52(44-23-21-42(50)55-44)36-17-11-33(3)12-18-36/h4-30,54,57-59H,1-3H3. The van der Waals surface area contributed by atoms with Gasteiger partial charge >= 0.3 is 0 Å². The first kappa shape index (κ1) is 35.7. The summed E-state index contributed by atoms with van der Waals surface area (Å²) in [5.74, 6) is 0.166. The molecule has 284 valence electrons. The van der Waals surface area contributed by atoms with Gasteiger partial charge in [0.25, 0.3) is 0 Å². The van der Waals surface area contributed by atoms with Crippen molar-refractivity contribution in [2.75, 3.05) is 0 Å². The number of H-pyrrole nitrogens is 2. The Kier molecular flexibility index (Phi) is 8.68. The number of hydrogen-bond acceptors (Lipinski definition) is 4. The van der Waals surface area contributed by atoms with Crippen LogP contribution in [-0.2, 0) is 0 Å². The van der Waals surface area contributed by atoms with E-state index in [9.17, 15) is 10.2 Å². The largest absolute Gasteiger partial charge is 0.508 e. The van der Waals surface area contributed by atoms with E-state index in [1.165, 1.54) is 28.8 Å². The van der Waals surface area contributed by atoms with E-state index >= 15 is 0 Å². The number of fused-ring (bicyclic) bond motifs is 8. The Hall–Kier alpha value is -7.70. The Labute approximate surface area is 342 Å². The molecule has 2 aliphatic rings. The van der Waals surface area contributed by atoms with E-state index in [0.717, 1.165) is 94.9 Å². The van der Waals surface area contributed by atoms with Crippen LogP contribution in [0, 0.1) is 20.8 Å². The van der Waals surface area contributed by atoms with Crippen LogP contribution in [0.2, 0.25) is 0 Å². The molecule has 2 aliphatic heterocycles. The molecule has 0 fully saturated rings. The minimum Gasteiger partial charge on any atom is -0.508 e. The van der Waals surface area contributed by atoms with Crippen molar-refractivity contribution in [1.29, 1.82) is 0 Å². The SMILES string of the molecule is Cc1ccc(-c2c3nc(c(-c4ccc(C)cc4)c4ccc([nH]4)c(-c4cccc(-c5cc(O)ccc5O)c4)c4nc(c(-c5ccc(C)cc5)c5ccc2[nH]5)C=C4)C=C3)cc1. The number of phenols is 2. The second-order valence-corrected chi connectivity index (χ2v) is 15.4. The zero-order valence-corrected chi connectivity index (χ0v) is 32.9. The summed E-state index contributed by atoms with van der Waals surface area (Å²) in [5, 5.41) is 21.3. The molecule has 0 spiro atoms. The number of phenolic OH excluding ortho intramolecular Hbond substituents is 2. The Morgan fingerprint density at radius 2 is 0.746 bits per heavy atom. The van der Waals surface area contributed by atoms with Gasteiger partial charge in [-0.25, -0.2) is 9.97 Å². The average Bonchev–Trinajstić information content (AvgIpc) is 4.09. The molecule has 0 saturated heterocycles. The lowest BCUT2D eigenvalue weighted by Gasteiger charge is -2.10. The normalized spacial score (nSPS) is 12.0. The van der Waals surface area contributed by atoms with E-state index in [1.54, 1.807) is 6.07 Å². The molecule has 4 N–H and O–H groups in total. The fourth-order valence-electron chi connectivity index (χ4n) is 8.18. The number of aromatic hydroxyl groups is 2. The summed E-state index contributed by atoms with van der Waals surface area (Å²) in [6.45, 7) is 6.30. The van der Waals surface area contributed by atoms with Gasteiger partial charge in [-0.15, -0.1) is 0 Å². The summed E-state index contributed by atoms with van der Waals surface area (Å²) in [5.41, 5.74) is 19.8. The maximum absolute atomic E-state index is 10.9. The van der Waals surface area contributed by atoms with Crippen LogP contribution in [0.3, 0.4) is 0 Å². The zero-order valence-electron chi connectivity index (χ0n) is 32.9. The molecule has 0 aliphatic carbocycles. The number of aryl methyl sites for hydroxylation is 3. The van der Waals surface area contributed by atoms with Gasteiger partial charge in [0.2, 0.25) is 0 Å². The quantitative estimate of drug-likeness (QED) is 0.131. The summed E-state index contributed by atoms with van der Waals surface area (Å²) >= 11 is 0. The molecule has 5 aromatic carbocycles. The molecule has 6 nitrogen and oxygen atoms in total. The van der Waals surface area contributed by atoms with E-state index < -0.39 is 0 Å². The molecule has 59 heavy (non-hydrogen) atoms. The molecule has 0 saturated carbocycles. The number of aromatic amines is 2. The van der Waals surface area contributed by atoms with Crippen molar-refractivity contribution in [3.63, 3.8) is 0 Å². The summed E-state index contributed by atoms with van der Waals surface area (Å²) in [4.78, 5) is 18.5. The third kappa shape index (κ3) is 6.60. The number of aromatic nitrogens is 4. The van der Waals surface area contributed by atoms with Gasteiger partial charge in [-0.1, -0.05) is 108 Å². The van der Waals surface area contributed by atoms with Gasteiger partial charge in [-0.3, -0.25) is 0 Å². The van der Waals surface area contributed by atoms with Crippen LogP contribution in [0.25, 0.3) is 102 Å². The minimum atomic E-state index is 0.0793. The van der Waals surface area contributed by atoms with Crippen LogP contribution in [0.4, 0.5) is 0 Å². The first-order chi connectivity index (χ1) is 28.8. The van der Waals surface area contributed by atoms with Crippen LogP contribution in [0.1, 0.15) is 39.5 Å². The smallest absolute Gasteiger partial charge is 0.123 e. The monoisotopic (exact) mass is 764 g/mol. The zero-order chi connectivity index (χ0) is 40.2. The van der Waals surface area contributed by atoms with Gasteiger partial charge in [0.05, 0.1) is 22.8 Å². The summed E-state index contributed by atoms with van der Waals surface area (Å²) in [7, 11) is 0. The fourth-order valence-corrected chi connectivity index (χ4v) is 8.18. The lowest BCUT2D eigenvalue weighted by atomic mass is 9.97. The predicted molar refractivity (Wildman–Crippen MR) is 244 cm³/mol. The second kappa shape index (κ2) is 14.4. The number of nitrogens with zero attached hydrogens (tertiary/aromatic N) is 2. The van der Waals surface area contributed by atoms with Crippen LogP contribution >= 0.6 is 0 Å². The highest BCUT2D eigenvalue weighted by Crippen LogP contribution is 2.40. The van der Waals surface area contributed by atoms with Gasteiger partial charge in [-0.2, -0.15) is 0 Å². The first-order valence-electron chi connectivity index (χ1n) is 19.8. The van der Waals surface area contributed by atoms with Gasteiger partial charge in [-0.05, 0) is 121 Å². The van der Waals surface area contributed by atoms with Crippen LogP contribution in [-0.4, -0.2) is 30.1 Å². The summed E-state index contributed by atoms with van der Waals surface area (Å²) < 4.78 is 0. The molecular formula is C53H40N4O2. The fraction of sp³-hybridized carbons (Fsp3) is 0.0566. The third-order valence-electron chi connectivity index (χ3n) is 11.2. The van der Waals surface area contributed by atoms with E-state index in [1.807, 2.05) is 18.2 Å². The Morgan fingerprint density at radius 3 is 1.15 bits per heavy atom. The average molecular weight is 765 g/mol. The van der Waals surface area contributed by atoms with E-state index in [2.05, 4.69) is 158 Å². The van der Waals surface area contributed by atoms with Crippen molar-refractivity contribution in [2.45, 2.75) is 20.8 Å². The molecule has 0 radical (unpaired) electrons. The highest BCUT2D eigenvalue weighted by molar-refractivity contribution is 6.00. The number of hydrogen-bond donors (Lipinski definition) is 4. The number of rotatable bonds is 5. The van der Waals surface area contributed by atoms with Gasteiger partial charge < -0.3 is 20.2 Å². The van der Waals surface area contributed by atoms with Gasteiger partial charge in [0, 0.05) is 49.9 Å². The van der Waals surface area contributed by atoms with Crippen molar-refractivity contribution in [1.82, 2.24) is 19.9 Å². The highest BCUT2D eigenvalue weighted by atomic mass is 16.3. The molecule has 10 rings (SSSR count). The Bertz CT molecular complexity index is 3140. The van der Waals surface area contributed by atoms with Crippen molar-refractivity contribution >= 4 is 46.4 Å². The lowest BCUT2D eigenvalue weighted by molar-refractivity contribution is 0.462. The molecule has 8 bridgehead atoms. The molecule has 0 unspecified atom stereocenters. The molecule has 0 atom stereocenters. The lowest BCUT2D eigenvalue weighted by Crippen LogP contribution is -1.90. The predicted octanol–water partition coefficient (Wildman–Crippen LogP) is 13.3. The van der Waals surface area contributed by atoms with Crippen LogP contribution < -0.4 is 0 Å². The maximum Gasteiger partial charge on any atom is 0.123 e.